The molecule has 0 aromatic carbocycles. The summed E-state index contributed by atoms with van der Waals surface area (Å²) in [5.41, 5.74) is 0.871. The molecule has 2 rings (SSSR count). The topological polar surface area (TPSA) is 46.0 Å². The highest BCUT2D eigenvalue weighted by molar-refractivity contribution is 7.99. The fourth-order valence-electron chi connectivity index (χ4n) is 1.05. The summed E-state index contributed by atoms with van der Waals surface area (Å²) in [4.78, 5) is 8.22. The molecule has 0 amide bonds. The summed E-state index contributed by atoms with van der Waals surface area (Å²) in [6.07, 6.45) is 0. The molecule has 0 aliphatic heterocycles. The van der Waals surface area contributed by atoms with Gasteiger partial charge in [0.1, 0.15) is 5.03 Å². The highest BCUT2D eigenvalue weighted by atomic mass is 35.5. The Labute approximate surface area is 94.1 Å². The predicted molar refractivity (Wildman–Crippen MR) is 60.2 cm³/mol. The second kappa shape index (κ2) is 4.44. The Kier molecular flexibility index (Phi) is 3.22. The Hall–Kier alpha value is -0.360. The van der Waals surface area contributed by atoms with E-state index in [0.717, 1.165) is 15.2 Å². The van der Waals surface area contributed by atoms with Gasteiger partial charge >= 0.3 is 0 Å². The number of hydrogen-bond acceptors (Lipinski definition) is 5. The Morgan fingerprint density at radius 2 is 2.36 bits per heavy atom. The first-order valence-corrected chi connectivity index (χ1v) is 6.20. The summed E-state index contributed by atoms with van der Waals surface area (Å²) >= 11 is 8.85. The van der Waals surface area contributed by atoms with Gasteiger partial charge in [-0.3, -0.25) is 0 Å². The predicted octanol–water partition coefficient (Wildman–Crippen LogP) is 2.43. The third-order valence-corrected chi connectivity index (χ3v) is 3.74. The van der Waals surface area contributed by atoms with Crippen LogP contribution in [0.1, 0.15) is 0 Å². The van der Waals surface area contributed by atoms with E-state index in [4.69, 9.17) is 16.7 Å². The van der Waals surface area contributed by atoms with Crippen LogP contribution in [0, 0.1) is 0 Å². The molecule has 0 radical (unpaired) electrons. The van der Waals surface area contributed by atoms with Gasteiger partial charge in [-0.2, -0.15) is 0 Å². The molecule has 0 aliphatic rings. The molecule has 2 aromatic rings. The number of rotatable bonds is 3. The standard InChI is InChI=1S/C8H7ClN2OS2/c9-8-10-5-1-3-13-6(5)7(11-8)14-4-2-12/h1,3,12H,2,4H2. The Morgan fingerprint density at radius 3 is 3.14 bits per heavy atom. The number of fused-ring (bicyclic) bond motifs is 1. The fourth-order valence-corrected chi connectivity index (χ4v) is 2.98. The molecule has 2 aromatic heterocycles. The molecule has 6 heteroatoms. The number of hydrogen-bond donors (Lipinski definition) is 1. The molecule has 1 N–H and O–H groups in total. The van der Waals surface area contributed by atoms with Crippen LogP contribution >= 0.6 is 34.7 Å². The minimum absolute atomic E-state index is 0.138. The Morgan fingerprint density at radius 1 is 1.50 bits per heavy atom. The zero-order valence-corrected chi connectivity index (χ0v) is 9.49. The molecule has 14 heavy (non-hydrogen) atoms. The first-order valence-electron chi connectivity index (χ1n) is 3.95. The van der Waals surface area contributed by atoms with Crippen molar-refractivity contribution in [2.75, 3.05) is 12.4 Å². The lowest BCUT2D eigenvalue weighted by Crippen LogP contribution is -1.90. The highest BCUT2D eigenvalue weighted by Crippen LogP contribution is 2.30. The van der Waals surface area contributed by atoms with E-state index < -0.39 is 0 Å². The van der Waals surface area contributed by atoms with E-state index >= 15 is 0 Å². The monoisotopic (exact) mass is 246 g/mol. The number of nitrogens with zero attached hydrogens (tertiary/aromatic N) is 2. The molecule has 0 unspecified atom stereocenters. The quantitative estimate of drug-likeness (QED) is 0.513. The van der Waals surface area contributed by atoms with Crippen LogP contribution in [0.5, 0.6) is 0 Å². The minimum atomic E-state index is 0.138. The lowest BCUT2D eigenvalue weighted by molar-refractivity contribution is 0.322. The summed E-state index contributed by atoms with van der Waals surface area (Å²) in [6.45, 7) is 0.138. The van der Waals surface area contributed by atoms with Crippen molar-refractivity contribution in [1.29, 1.82) is 0 Å². The van der Waals surface area contributed by atoms with Gasteiger partial charge in [0.2, 0.25) is 5.28 Å². The second-order valence-corrected chi connectivity index (χ2v) is 4.84. The van der Waals surface area contributed by atoms with Crippen LogP contribution in [-0.2, 0) is 0 Å². The first kappa shape index (κ1) is 10.2. The second-order valence-electron chi connectivity index (χ2n) is 2.50. The van der Waals surface area contributed by atoms with Crippen molar-refractivity contribution >= 4 is 44.9 Å². The number of aliphatic hydroxyl groups excluding tert-OH is 1. The third kappa shape index (κ3) is 2.00. The molecule has 2 heterocycles. The van der Waals surface area contributed by atoms with Gasteiger partial charge in [-0.25, -0.2) is 9.97 Å². The van der Waals surface area contributed by atoms with Crippen molar-refractivity contribution < 1.29 is 5.11 Å². The van der Waals surface area contributed by atoms with Crippen LogP contribution < -0.4 is 0 Å². The number of thioether (sulfide) groups is 1. The third-order valence-electron chi connectivity index (χ3n) is 1.58. The average molecular weight is 247 g/mol. The van der Waals surface area contributed by atoms with Gasteiger partial charge < -0.3 is 5.11 Å². The Bertz CT molecular complexity index is 446. The van der Waals surface area contributed by atoms with E-state index in [2.05, 4.69) is 9.97 Å². The van der Waals surface area contributed by atoms with Gasteiger partial charge in [-0.05, 0) is 23.0 Å². The number of aliphatic hydroxyl groups is 1. The SMILES string of the molecule is OCCSc1nc(Cl)nc2ccsc12. The van der Waals surface area contributed by atoms with Gasteiger partial charge in [0.25, 0.3) is 0 Å². The van der Waals surface area contributed by atoms with E-state index in [0.29, 0.717) is 5.75 Å². The number of halogens is 1. The molecule has 0 spiro atoms. The molecule has 0 saturated heterocycles. The van der Waals surface area contributed by atoms with E-state index in [1.165, 1.54) is 11.8 Å². The van der Waals surface area contributed by atoms with Crippen molar-refractivity contribution in [3.8, 4) is 0 Å². The van der Waals surface area contributed by atoms with Crippen molar-refractivity contribution in [3.05, 3.63) is 16.7 Å². The zero-order chi connectivity index (χ0) is 9.97. The van der Waals surface area contributed by atoms with Gasteiger partial charge in [0, 0.05) is 5.75 Å². The molecule has 0 fully saturated rings. The molecule has 3 nitrogen and oxygen atoms in total. The van der Waals surface area contributed by atoms with Crippen LogP contribution in [0.15, 0.2) is 16.5 Å². The van der Waals surface area contributed by atoms with Crippen molar-refractivity contribution in [2.24, 2.45) is 0 Å². The molecular formula is C8H7ClN2OS2. The van der Waals surface area contributed by atoms with E-state index in [9.17, 15) is 0 Å². The van der Waals surface area contributed by atoms with Crippen LogP contribution in [-0.4, -0.2) is 27.4 Å². The zero-order valence-electron chi connectivity index (χ0n) is 7.11. The molecule has 0 aliphatic carbocycles. The number of thiophene rings is 1. The summed E-state index contributed by atoms with van der Waals surface area (Å²) in [7, 11) is 0. The molecule has 74 valence electrons. The highest BCUT2D eigenvalue weighted by Gasteiger charge is 2.07. The lowest BCUT2D eigenvalue weighted by Gasteiger charge is -2.00. The average Bonchev–Trinajstić information content (AvgIpc) is 2.61. The van der Waals surface area contributed by atoms with Crippen molar-refractivity contribution in [1.82, 2.24) is 9.97 Å². The van der Waals surface area contributed by atoms with Crippen LogP contribution in [0.4, 0.5) is 0 Å². The van der Waals surface area contributed by atoms with Gasteiger partial charge in [-0.1, -0.05) is 0 Å². The maximum absolute atomic E-state index is 8.73. The molecular weight excluding hydrogens is 240 g/mol. The summed E-state index contributed by atoms with van der Waals surface area (Å²) in [5, 5.41) is 11.8. The Balaban J connectivity index is 2.44. The van der Waals surface area contributed by atoms with E-state index in [1.54, 1.807) is 11.3 Å². The van der Waals surface area contributed by atoms with Crippen LogP contribution in [0.25, 0.3) is 10.2 Å². The van der Waals surface area contributed by atoms with Crippen LogP contribution in [0.3, 0.4) is 0 Å². The van der Waals surface area contributed by atoms with E-state index in [1.807, 2.05) is 11.4 Å². The van der Waals surface area contributed by atoms with Gasteiger partial charge in [0.15, 0.2) is 0 Å². The van der Waals surface area contributed by atoms with Gasteiger partial charge in [-0.15, -0.1) is 23.1 Å². The molecule has 0 saturated carbocycles. The maximum atomic E-state index is 8.73. The lowest BCUT2D eigenvalue weighted by atomic mass is 10.5. The summed E-state index contributed by atoms with van der Waals surface area (Å²) in [5.74, 6) is 0.625. The largest absolute Gasteiger partial charge is 0.396 e. The minimum Gasteiger partial charge on any atom is -0.396 e. The normalized spacial score (nSPS) is 11.0. The molecule has 0 bridgehead atoms. The molecule has 0 atom stereocenters. The number of aromatic nitrogens is 2. The van der Waals surface area contributed by atoms with Crippen LogP contribution in [0.2, 0.25) is 5.28 Å². The van der Waals surface area contributed by atoms with Gasteiger partial charge in [0.05, 0.1) is 16.8 Å². The fraction of sp³-hybridized carbons (Fsp3) is 0.250. The van der Waals surface area contributed by atoms with Crippen molar-refractivity contribution in [3.63, 3.8) is 0 Å². The first-order chi connectivity index (χ1) is 6.81. The summed E-state index contributed by atoms with van der Waals surface area (Å²) in [6, 6.07) is 1.91. The smallest absolute Gasteiger partial charge is 0.224 e. The maximum Gasteiger partial charge on any atom is 0.224 e. The van der Waals surface area contributed by atoms with E-state index in [-0.39, 0.29) is 11.9 Å². The van der Waals surface area contributed by atoms with Crippen molar-refractivity contribution in [2.45, 2.75) is 5.03 Å². The summed E-state index contributed by atoms with van der Waals surface area (Å²) < 4.78 is 1.04.